The Kier molecular flexibility index (Phi) is 4.13. The Balaban J connectivity index is 2.11. The van der Waals surface area contributed by atoms with E-state index in [1.165, 1.54) is 0 Å². The lowest BCUT2D eigenvalue weighted by Crippen LogP contribution is -2.20. The van der Waals surface area contributed by atoms with E-state index >= 15 is 0 Å². The molecule has 3 nitrogen and oxygen atoms in total. The molecule has 0 aliphatic carbocycles. The molecular formula is C14H15F3N2O. The van der Waals surface area contributed by atoms with Gasteiger partial charge in [-0.05, 0) is 26.8 Å². The minimum atomic E-state index is -1.19. The van der Waals surface area contributed by atoms with Gasteiger partial charge in [0.2, 0.25) is 0 Å². The maximum atomic E-state index is 13.5. The van der Waals surface area contributed by atoms with Crippen molar-refractivity contribution in [3.8, 4) is 0 Å². The van der Waals surface area contributed by atoms with Crippen LogP contribution in [-0.2, 0) is 6.54 Å². The quantitative estimate of drug-likeness (QED) is 0.872. The van der Waals surface area contributed by atoms with Crippen LogP contribution in [0.3, 0.4) is 0 Å². The third kappa shape index (κ3) is 2.85. The third-order valence-corrected chi connectivity index (χ3v) is 3.21. The van der Waals surface area contributed by atoms with Gasteiger partial charge in [-0.25, -0.2) is 13.2 Å². The van der Waals surface area contributed by atoms with Gasteiger partial charge < -0.3 is 9.84 Å². The van der Waals surface area contributed by atoms with Crippen LogP contribution in [-0.4, -0.2) is 5.16 Å². The van der Waals surface area contributed by atoms with Crippen molar-refractivity contribution in [2.75, 3.05) is 0 Å². The Hall–Kier alpha value is -1.82. The first kappa shape index (κ1) is 14.6. The number of hydrogen-bond donors (Lipinski definition) is 1. The SMILES string of the molecule is Cc1noc(C)c1C(C)NCc1cc(F)c(F)cc1F. The predicted octanol–water partition coefficient (Wildman–Crippen LogP) is 3.56. The van der Waals surface area contributed by atoms with Gasteiger partial charge in [-0.15, -0.1) is 0 Å². The minimum Gasteiger partial charge on any atom is -0.361 e. The van der Waals surface area contributed by atoms with Crippen LogP contribution in [0.1, 0.15) is 35.5 Å². The lowest BCUT2D eigenvalue weighted by Gasteiger charge is -2.14. The molecule has 0 saturated heterocycles. The van der Waals surface area contributed by atoms with Gasteiger partial charge in [0.05, 0.1) is 5.69 Å². The lowest BCUT2D eigenvalue weighted by atomic mass is 10.1. The maximum absolute atomic E-state index is 13.5. The molecule has 0 radical (unpaired) electrons. The van der Waals surface area contributed by atoms with Crippen molar-refractivity contribution in [1.29, 1.82) is 0 Å². The molecule has 2 aromatic rings. The fourth-order valence-electron chi connectivity index (χ4n) is 2.17. The predicted molar refractivity (Wildman–Crippen MR) is 67.5 cm³/mol. The van der Waals surface area contributed by atoms with Gasteiger partial charge in [0.1, 0.15) is 11.6 Å². The summed E-state index contributed by atoms with van der Waals surface area (Å²) in [5, 5.41) is 6.88. The van der Waals surface area contributed by atoms with E-state index in [1.54, 1.807) is 6.92 Å². The summed E-state index contributed by atoms with van der Waals surface area (Å²) in [6.45, 7) is 5.53. The number of aromatic nitrogens is 1. The van der Waals surface area contributed by atoms with E-state index in [2.05, 4.69) is 10.5 Å². The molecule has 0 spiro atoms. The van der Waals surface area contributed by atoms with Crippen LogP contribution in [0.2, 0.25) is 0 Å². The fourth-order valence-corrected chi connectivity index (χ4v) is 2.17. The van der Waals surface area contributed by atoms with E-state index in [0.29, 0.717) is 11.8 Å². The third-order valence-electron chi connectivity index (χ3n) is 3.21. The van der Waals surface area contributed by atoms with Crippen LogP contribution >= 0.6 is 0 Å². The number of rotatable bonds is 4. The molecule has 0 bridgehead atoms. The zero-order chi connectivity index (χ0) is 14.9. The van der Waals surface area contributed by atoms with Crippen LogP contribution in [0.25, 0.3) is 0 Å². The van der Waals surface area contributed by atoms with Crippen molar-refractivity contribution in [2.24, 2.45) is 0 Å². The summed E-state index contributed by atoms with van der Waals surface area (Å²) in [6.07, 6.45) is 0. The second-order valence-corrected chi connectivity index (χ2v) is 4.70. The smallest absolute Gasteiger partial charge is 0.161 e. The topological polar surface area (TPSA) is 38.1 Å². The van der Waals surface area contributed by atoms with Gasteiger partial charge in [-0.1, -0.05) is 5.16 Å². The van der Waals surface area contributed by atoms with Gasteiger partial charge in [0, 0.05) is 29.8 Å². The number of halogens is 3. The number of aryl methyl sites for hydroxylation is 2. The Bertz CT molecular complexity index is 606. The largest absolute Gasteiger partial charge is 0.361 e. The van der Waals surface area contributed by atoms with Crippen molar-refractivity contribution in [3.05, 3.63) is 52.2 Å². The van der Waals surface area contributed by atoms with E-state index < -0.39 is 17.5 Å². The average Bonchev–Trinajstić information content (AvgIpc) is 2.71. The molecule has 0 saturated carbocycles. The molecule has 2 rings (SSSR count). The molecule has 1 aromatic carbocycles. The summed E-state index contributed by atoms with van der Waals surface area (Å²) in [5.74, 6) is -2.35. The van der Waals surface area contributed by atoms with E-state index in [1.807, 2.05) is 13.8 Å². The summed E-state index contributed by atoms with van der Waals surface area (Å²) >= 11 is 0. The molecule has 1 aromatic heterocycles. The van der Waals surface area contributed by atoms with Crippen molar-refractivity contribution >= 4 is 0 Å². The molecule has 20 heavy (non-hydrogen) atoms. The van der Waals surface area contributed by atoms with Crippen LogP contribution in [0, 0.1) is 31.3 Å². The van der Waals surface area contributed by atoms with E-state index in [-0.39, 0.29) is 18.2 Å². The molecule has 0 aliphatic heterocycles. The highest BCUT2D eigenvalue weighted by atomic mass is 19.2. The summed E-state index contributed by atoms with van der Waals surface area (Å²) in [5.41, 5.74) is 1.70. The zero-order valence-electron chi connectivity index (χ0n) is 11.4. The molecule has 1 heterocycles. The molecule has 0 fully saturated rings. The first-order valence-corrected chi connectivity index (χ1v) is 6.19. The highest BCUT2D eigenvalue weighted by Crippen LogP contribution is 2.22. The van der Waals surface area contributed by atoms with Gasteiger partial charge in [-0.2, -0.15) is 0 Å². The molecule has 0 amide bonds. The first-order valence-electron chi connectivity index (χ1n) is 6.19. The molecule has 1 N–H and O–H groups in total. The number of nitrogens with one attached hydrogen (secondary N) is 1. The number of nitrogens with zero attached hydrogens (tertiary/aromatic N) is 1. The minimum absolute atomic E-state index is 0.0718. The number of benzene rings is 1. The molecule has 108 valence electrons. The van der Waals surface area contributed by atoms with Gasteiger partial charge >= 0.3 is 0 Å². The van der Waals surface area contributed by atoms with Crippen LogP contribution in [0.15, 0.2) is 16.7 Å². The highest BCUT2D eigenvalue weighted by Gasteiger charge is 2.17. The molecule has 1 unspecified atom stereocenters. The standard InChI is InChI=1S/C14H15F3N2O/c1-7(14-8(2)19-20-9(14)3)18-6-10-4-12(16)13(17)5-11(10)15/h4-5,7,18H,6H2,1-3H3. The number of hydrogen-bond acceptors (Lipinski definition) is 3. The molecular weight excluding hydrogens is 269 g/mol. The normalized spacial score (nSPS) is 12.7. The van der Waals surface area contributed by atoms with Crippen molar-refractivity contribution in [2.45, 2.75) is 33.4 Å². The van der Waals surface area contributed by atoms with E-state index in [0.717, 1.165) is 17.3 Å². The summed E-state index contributed by atoms with van der Waals surface area (Å²) < 4.78 is 44.5. The van der Waals surface area contributed by atoms with Gasteiger partial charge in [0.15, 0.2) is 11.6 Å². The molecule has 0 aliphatic rings. The maximum Gasteiger partial charge on any atom is 0.161 e. The average molecular weight is 284 g/mol. The summed E-state index contributed by atoms with van der Waals surface area (Å²) in [6, 6.07) is 1.26. The Labute approximate surface area is 114 Å². The Morgan fingerprint density at radius 2 is 1.80 bits per heavy atom. The first-order chi connectivity index (χ1) is 9.40. The van der Waals surface area contributed by atoms with Crippen LogP contribution in [0.5, 0.6) is 0 Å². The second kappa shape index (κ2) is 5.66. The molecule has 1 atom stereocenters. The second-order valence-electron chi connectivity index (χ2n) is 4.70. The van der Waals surface area contributed by atoms with E-state index in [9.17, 15) is 13.2 Å². The van der Waals surface area contributed by atoms with Crippen molar-refractivity contribution < 1.29 is 17.7 Å². The van der Waals surface area contributed by atoms with Crippen LogP contribution in [0.4, 0.5) is 13.2 Å². The Morgan fingerprint density at radius 1 is 1.15 bits per heavy atom. The zero-order valence-corrected chi connectivity index (χ0v) is 11.4. The van der Waals surface area contributed by atoms with Gasteiger partial charge in [-0.3, -0.25) is 0 Å². The lowest BCUT2D eigenvalue weighted by molar-refractivity contribution is 0.390. The van der Waals surface area contributed by atoms with Crippen molar-refractivity contribution in [1.82, 2.24) is 10.5 Å². The monoisotopic (exact) mass is 284 g/mol. The molecule has 6 heteroatoms. The van der Waals surface area contributed by atoms with E-state index in [4.69, 9.17) is 4.52 Å². The Morgan fingerprint density at radius 3 is 2.40 bits per heavy atom. The summed E-state index contributed by atoms with van der Waals surface area (Å²) in [7, 11) is 0. The highest BCUT2D eigenvalue weighted by molar-refractivity contribution is 5.25. The van der Waals surface area contributed by atoms with Crippen LogP contribution < -0.4 is 5.32 Å². The van der Waals surface area contributed by atoms with Gasteiger partial charge in [0.25, 0.3) is 0 Å². The summed E-state index contributed by atoms with van der Waals surface area (Å²) in [4.78, 5) is 0. The van der Waals surface area contributed by atoms with Crippen molar-refractivity contribution in [3.63, 3.8) is 0 Å². The fraction of sp³-hybridized carbons (Fsp3) is 0.357.